The molecule has 3 aromatic carbocycles. The quantitative estimate of drug-likeness (QED) is 0.599. The number of nitrogens with zero attached hydrogens (tertiary/aromatic N) is 2. The van der Waals surface area contributed by atoms with Crippen LogP contribution < -0.4 is 4.90 Å². The number of imide groups is 1. The van der Waals surface area contributed by atoms with Crippen molar-refractivity contribution in [3.63, 3.8) is 0 Å². The van der Waals surface area contributed by atoms with Crippen LogP contribution in [0.3, 0.4) is 0 Å². The fourth-order valence-electron chi connectivity index (χ4n) is 3.33. The van der Waals surface area contributed by atoms with Crippen LogP contribution in [0.4, 0.5) is 5.69 Å². The van der Waals surface area contributed by atoms with E-state index >= 15 is 0 Å². The minimum atomic E-state index is -0.415. The molecule has 0 N–H and O–H groups in total. The lowest BCUT2D eigenvalue weighted by atomic mass is 10.1. The van der Waals surface area contributed by atoms with Crippen molar-refractivity contribution >= 4 is 35.0 Å². The van der Waals surface area contributed by atoms with E-state index in [1.54, 1.807) is 66.7 Å². The Kier molecular flexibility index (Phi) is 4.91. The number of fused-ring (bicyclic) bond motifs is 1. The Morgan fingerprint density at radius 2 is 1.52 bits per heavy atom. The molecule has 0 fully saturated rings. The second-order valence-corrected chi connectivity index (χ2v) is 7.24. The van der Waals surface area contributed by atoms with Gasteiger partial charge in [-0.25, -0.2) is 0 Å². The second-order valence-electron chi connectivity index (χ2n) is 6.80. The van der Waals surface area contributed by atoms with Crippen LogP contribution in [0.25, 0.3) is 0 Å². The number of rotatable bonds is 4. The maximum absolute atomic E-state index is 13.3. The molecular weight excluding hydrogens is 388 g/mol. The summed E-state index contributed by atoms with van der Waals surface area (Å²) in [7, 11) is 0. The molecule has 0 radical (unpaired) electrons. The molecule has 3 amide bonds. The minimum Gasteiger partial charge on any atom is -0.290 e. The number of anilines is 1. The number of benzene rings is 3. The molecule has 1 heterocycles. The lowest BCUT2D eigenvalue weighted by Crippen LogP contribution is -2.44. The van der Waals surface area contributed by atoms with Gasteiger partial charge < -0.3 is 0 Å². The first-order chi connectivity index (χ1) is 14.0. The van der Waals surface area contributed by atoms with Crippen LogP contribution in [0.5, 0.6) is 0 Å². The second kappa shape index (κ2) is 7.53. The van der Waals surface area contributed by atoms with E-state index in [0.717, 1.165) is 10.5 Å². The maximum Gasteiger partial charge on any atom is 0.263 e. The summed E-state index contributed by atoms with van der Waals surface area (Å²) in [5.74, 6) is -1.14. The van der Waals surface area contributed by atoms with Gasteiger partial charge >= 0.3 is 0 Å². The molecule has 0 aromatic heterocycles. The SMILES string of the molecule is Cc1cccc(C(=O)N(CN2C(=O)c3ccccc3C2=O)c2ccc(Cl)cc2)c1. The number of amides is 3. The van der Waals surface area contributed by atoms with Crippen LogP contribution in [0.1, 0.15) is 36.6 Å². The number of halogens is 1. The average molecular weight is 405 g/mol. The van der Waals surface area contributed by atoms with Gasteiger partial charge in [-0.15, -0.1) is 0 Å². The van der Waals surface area contributed by atoms with E-state index in [9.17, 15) is 14.4 Å². The molecule has 29 heavy (non-hydrogen) atoms. The molecule has 0 bridgehead atoms. The minimum absolute atomic E-state index is 0.194. The molecule has 0 spiro atoms. The van der Waals surface area contributed by atoms with Crippen molar-refractivity contribution in [3.05, 3.63) is 100 Å². The zero-order chi connectivity index (χ0) is 20.5. The van der Waals surface area contributed by atoms with Gasteiger partial charge in [0.25, 0.3) is 17.7 Å². The molecule has 6 heteroatoms. The van der Waals surface area contributed by atoms with Gasteiger partial charge in [-0.3, -0.25) is 24.2 Å². The van der Waals surface area contributed by atoms with Crippen molar-refractivity contribution in [2.45, 2.75) is 6.92 Å². The van der Waals surface area contributed by atoms with E-state index in [1.807, 2.05) is 13.0 Å². The Morgan fingerprint density at radius 1 is 0.897 bits per heavy atom. The monoisotopic (exact) mass is 404 g/mol. The summed E-state index contributed by atoms with van der Waals surface area (Å²) >= 11 is 5.99. The van der Waals surface area contributed by atoms with E-state index in [0.29, 0.717) is 27.4 Å². The highest BCUT2D eigenvalue weighted by atomic mass is 35.5. The molecule has 0 unspecified atom stereocenters. The largest absolute Gasteiger partial charge is 0.290 e. The Bertz CT molecular complexity index is 1090. The molecule has 0 atom stereocenters. The third kappa shape index (κ3) is 3.52. The van der Waals surface area contributed by atoms with Gasteiger partial charge in [0.1, 0.15) is 6.67 Å². The topological polar surface area (TPSA) is 57.7 Å². The number of aryl methyl sites for hydroxylation is 1. The van der Waals surface area contributed by atoms with Crippen LogP contribution in [0.2, 0.25) is 5.02 Å². The first kappa shape index (κ1) is 18.9. The zero-order valence-corrected chi connectivity index (χ0v) is 16.4. The van der Waals surface area contributed by atoms with Gasteiger partial charge in [-0.1, -0.05) is 41.4 Å². The summed E-state index contributed by atoms with van der Waals surface area (Å²) in [6.07, 6.45) is 0. The molecule has 0 aliphatic carbocycles. The van der Waals surface area contributed by atoms with E-state index in [1.165, 1.54) is 4.90 Å². The molecule has 5 nitrogen and oxygen atoms in total. The predicted octanol–water partition coefficient (Wildman–Crippen LogP) is 4.55. The molecular formula is C23H17ClN2O3. The Morgan fingerprint density at radius 3 is 2.10 bits per heavy atom. The normalized spacial score (nSPS) is 12.8. The van der Waals surface area contributed by atoms with E-state index in [-0.39, 0.29) is 12.6 Å². The predicted molar refractivity (Wildman–Crippen MR) is 111 cm³/mol. The molecule has 4 rings (SSSR count). The van der Waals surface area contributed by atoms with Gasteiger partial charge in [0.05, 0.1) is 11.1 Å². The summed E-state index contributed by atoms with van der Waals surface area (Å²) < 4.78 is 0. The molecule has 1 aliphatic heterocycles. The summed E-state index contributed by atoms with van der Waals surface area (Å²) in [5.41, 5.74) is 2.63. The maximum atomic E-state index is 13.3. The van der Waals surface area contributed by atoms with E-state index in [4.69, 9.17) is 11.6 Å². The van der Waals surface area contributed by atoms with Crippen molar-refractivity contribution in [2.75, 3.05) is 11.6 Å². The van der Waals surface area contributed by atoms with Gasteiger partial charge in [0.15, 0.2) is 0 Å². The van der Waals surface area contributed by atoms with Crippen molar-refractivity contribution in [1.29, 1.82) is 0 Å². The third-order valence-corrected chi connectivity index (χ3v) is 5.06. The summed E-state index contributed by atoms with van der Waals surface area (Å²) in [5, 5.41) is 0.525. The Labute approximate surface area is 173 Å². The first-order valence-corrected chi connectivity index (χ1v) is 9.43. The Balaban J connectivity index is 1.72. The smallest absolute Gasteiger partial charge is 0.263 e. The lowest BCUT2D eigenvalue weighted by Gasteiger charge is -2.27. The van der Waals surface area contributed by atoms with Gasteiger partial charge in [0.2, 0.25) is 0 Å². The molecule has 144 valence electrons. The zero-order valence-electron chi connectivity index (χ0n) is 15.6. The first-order valence-electron chi connectivity index (χ1n) is 9.05. The third-order valence-electron chi connectivity index (χ3n) is 4.81. The number of hydrogen-bond acceptors (Lipinski definition) is 3. The Hall–Kier alpha value is -3.44. The lowest BCUT2D eigenvalue weighted by molar-refractivity contribution is 0.0650. The molecule has 0 saturated carbocycles. The number of hydrogen-bond donors (Lipinski definition) is 0. The van der Waals surface area contributed by atoms with Gasteiger partial charge in [-0.05, 0) is 55.5 Å². The van der Waals surface area contributed by atoms with Crippen molar-refractivity contribution in [2.24, 2.45) is 0 Å². The highest BCUT2D eigenvalue weighted by molar-refractivity contribution is 6.30. The van der Waals surface area contributed by atoms with E-state index in [2.05, 4.69) is 0 Å². The number of carbonyl (C=O) groups excluding carboxylic acids is 3. The average Bonchev–Trinajstić information content (AvgIpc) is 2.97. The summed E-state index contributed by atoms with van der Waals surface area (Å²) in [4.78, 5) is 41.4. The highest BCUT2D eigenvalue weighted by Gasteiger charge is 2.37. The van der Waals surface area contributed by atoms with Crippen LogP contribution in [0.15, 0.2) is 72.8 Å². The standard InChI is InChI=1S/C23H17ClN2O3/c1-15-5-4-6-16(13-15)21(27)25(18-11-9-17(24)10-12-18)14-26-22(28)19-7-2-3-8-20(19)23(26)29/h2-13H,14H2,1H3. The van der Waals surface area contributed by atoms with Crippen molar-refractivity contribution in [3.8, 4) is 0 Å². The van der Waals surface area contributed by atoms with Crippen molar-refractivity contribution < 1.29 is 14.4 Å². The summed E-state index contributed by atoms with van der Waals surface area (Å²) in [6, 6.07) is 20.5. The summed E-state index contributed by atoms with van der Waals surface area (Å²) in [6.45, 7) is 1.70. The van der Waals surface area contributed by atoms with Crippen LogP contribution in [-0.2, 0) is 0 Å². The van der Waals surface area contributed by atoms with Crippen LogP contribution >= 0.6 is 11.6 Å². The molecule has 1 aliphatic rings. The van der Waals surface area contributed by atoms with Gasteiger partial charge in [-0.2, -0.15) is 0 Å². The highest BCUT2D eigenvalue weighted by Crippen LogP contribution is 2.26. The number of carbonyl (C=O) groups is 3. The van der Waals surface area contributed by atoms with E-state index < -0.39 is 11.8 Å². The molecule has 0 saturated heterocycles. The molecule has 3 aromatic rings. The fraction of sp³-hybridized carbons (Fsp3) is 0.0870. The van der Waals surface area contributed by atoms with Gasteiger partial charge in [0, 0.05) is 16.3 Å². The fourth-order valence-corrected chi connectivity index (χ4v) is 3.45. The van der Waals surface area contributed by atoms with Crippen molar-refractivity contribution in [1.82, 2.24) is 4.90 Å². The van der Waals surface area contributed by atoms with Crippen LogP contribution in [-0.4, -0.2) is 29.3 Å². The van der Waals surface area contributed by atoms with Crippen LogP contribution in [0, 0.1) is 6.92 Å².